The van der Waals surface area contributed by atoms with Crippen LogP contribution in [-0.4, -0.2) is 23.0 Å². The maximum atomic E-state index is 13.1. The molecule has 1 amide bonds. The second kappa shape index (κ2) is 6.79. The molecule has 2 fully saturated rings. The largest absolute Gasteiger partial charge is 0.480 e. The predicted octanol–water partition coefficient (Wildman–Crippen LogP) is 4.71. The molecule has 2 saturated carbocycles. The summed E-state index contributed by atoms with van der Waals surface area (Å²) in [6, 6.07) is -0.846. The van der Waals surface area contributed by atoms with Gasteiger partial charge in [-0.1, -0.05) is 44.9 Å². The Labute approximate surface area is 163 Å². The fourth-order valence-electron chi connectivity index (χ4n) is 6.31. The lowest BCUT2D eigenvalue weighted by molar-refractivity contribution is -0.148. The van der Waals surface area contributed by atoms with Crippen LogP contribution in [0.5, 0.6) is 0 Å². The number of carboxylic acids is 1. The van der Waals surface area contributed by atoms with Gasteiger partial charge >= 0.3 is 5.97 Å². The van der Waals surface area contributed by atoms with E-state index in [1.807, 2.05) is 0 Å². The number of fused-ring (bicyclic) bond motifs is 3. The Morgan fingerprint density at radius 1 is 1.30 bits per heavy atom. The van der Waals surface area contributed by atoms with E-state index >= 15 is 0 Å². The zero-order valence-corrected chi connectivity index (χ0v) is 17.3. The second-order valence-electron chi connectivity index (χ2n) is 9.97. The molecule has 2 unspecified atom stereocenters. The molecule has 6 atom stereocenters. The molecular weight excluding hydrogens is 338 g/mol. The Morgan fingerprint density at radius 3 is 2.63 bits per heavy atom. The first-order chi connectivity index (χ1) is 12.6. The molecule has 27 heavy (non-hydrogen) atoms. The Morgan fingerprint density at radius 2 is 2.00 bits per heavy atom. The highest BCUT2D eigenvalue weighted by molar-refractivity contribution is 5.87. The number of nitrogens with one attached hydrogen (secondary N) is 1. The number of hydrogen-bond donors (Lipinski definition) is 2. The number of carbonyl (C=O) groups is 2. The van der Waals surface area contributed by atoms with Crippen LogP contribution < -0.4 is 5.32 Å². The van der Waals surface area contributed by atoms with Crippen molar-refractivity contribution < 1.29 is 14.7 Å². The predicted molar refractivity (Wildman–Crippen MR) is 107 cm³/mol. The molecular formula is C23H35NO3. The summed E-state index contributed by atoms with van der Waals surface area (Å²) >= 11 is 0. The van der Waals surface area contributed by atoms with E-state index in [0.29, 0.717) is 5.92 Å². The zero-order chi connectivity index (χ0) is 20.0. The van der Waals surface area contributed by atoms with Gasteiger partial charge in [-0.3, -0.25) is 9.59 Å². The van der Waals surface area contributed by atoms with Crippen LogP contribution >= 0.6 is 0 Å². The Hall–Kier alpha value is -1.58. The van der Waals surface area contributed by atoms with Crippen molar-refractivity contribution in [1.82, 2.24) is 5.32 Å². The van der Waals surface area contributed by atoms with E-state index in [2.05, 4.69) is 44.8 Å². The molecule has 0 aliphatic heterocycles. The Kier molecular flexibility index (Phi) is 5.07. The topological polar surface area (TPSA) is 66.4 Å². The summed E-state index contributed by atoms with van der Waals surface area (Å²) in [6.45, 7) is 12.3. The van der Waals surface area contributed by atoms with Crippen molar-refractivity contribution in [3.05, 3.63) is 24.3 Å². The smallest absolute Gasteiger partial charge is 0.325 e. The third-order valence-corrected chi connectivity index (χ3v) is 8.06. The summed E-state index contributed by atoms with van der Waals surface area (Å²) < 4.78 is 0. The molecule has 0 radical (unpaired) electrons. The zero-order valence-electron chi connectivity index (χ0n) is 17.3. The first kappa shape index (κ1) is 20.2. The SMILES string of the molecule is C=C[C@]1(C)CC=C2C(CCC3[C@@](C)(C(=O)N[C@H](C)C(=O)O)CCC[C@]23C)C1. The summed E-state index contributed by atoms with van der Waals surface area (Å²) in [7, 11) is 0. The molecule has 0 bridgehead atoms. The van der Waals surface area contributed by atoms with Crippen LogP contribution in [0.2, 0.25) is 0 Å². The number of allylic oxidation sites excluding steroid dienone is 3. The van der Waals surface area contributed by atoms with E-state index in [-0.39, 0.29) is 22.7 Å². The molecule has 0 aromatic carbocycles. The van der Waals surface area contributed by atoms with Gasteiger partial charge in [0, 0.05) is 0 Å². The number of carboxylic acid groups (broad SMARTS) is 1. The van der Waals surface area contributed by atoms with Crippen LogP contribution in [0.25, 0.3) is 0 Å². The first-order valence-electron chi connectivity index (χ1n) is 10.4. The van der Waals surface area contributed by atoms with Gasteiger partial charge in [-0.15, -0.1) is 6.58 Å². The molecule has 0 spiro atoms. The van der Waals surface area contributed by atoms with Gasteiger partial charge in [-0.2, -0.15) is 0 Å². The molecule has 0 heterocycles. The van der Waals surface area contributed by atoms with Gasteiger partial charge in [-0.25, -0.2) is 0 Å². The lowest BCUT2D eigenvalue weighted by atomic mass is 9.46. The van der Waals surface area contributed by atoms with Gasteiger partial charge in [-0.05, 0) is 68.1 Å². The number of hydrogen-bond acceptors (Lipinski definition) is 2. The lowest BCUT2D eigenvalue weighted by Crippen LogP contribution is -2.57. The molecule has 4 heteroatoms. The molecule has 4 nitrogen and oxygen atoms in total. The van der Waals surface area contributed by atoms with Crippen LogP contribution in [-0.2, 0) is 9.59 Å². The average molecular weight is 374 g/mol. The van der Waals surface area contributed by atoms with Gasteiger partial charge in [0.2, 0.25) is 5.91 Å². The van der Waals surface area contributed by atoms with Gasteiger partial charge in [0.25, 0.3) is 0 Å². The van der Waals surface area contributed by atoms with E-state index in [4.69, 9.17) is 0 Å². The van der Waals surface area contributed by atoms with Gasteiger partial charge < -0.3 is 10.4 Å². The third kappa shape index (κ3) is 3.25. The summed E-state index contributed by atoms with van der Waals surface area (Å²) in [5.74, 6) is -0.200. The van der Waals surface area contributed by atoms with Crippen LogP contribution in [0, 0.1) is 28.1 Å². The van der Waals surface area contributed by atoms with Crippen molar-refractivity contribution in [3.63, 3.8) is 0 Å². The molecule has 150 valence electrons. The Balaban J connectivity index is 1.90. The maximum absolute atomic E-state index is 13.1. The fourth-order valence-corrected chi connectivity index (χ4v) is 6.31. The standard InChI is InChI=1S/C23H35NO3/c1-6-21(3)13-10-17-16(14-21)8-9-18-22(17,4)11-7-12-23(18,5)20(27)24-15(2)19(25)26/h6,10,15-16,18H,1,7-9,11-14H2,2-5H3,(H,24,27)(H,25,26)/t15-,16?,18?,21-,22-,23+/m1/s1. The first-order valence-corrected chi connectivity index (χ1v) is 10.4. The number of aliphatic carboxylic acids is 1. The van der Waals surface area contributed by atoms with E-state index in [1.54, 1.807) is 12.5 Å². The van der Waals surface area contributed by atoms with Crippen LogP contribution in [0.15, 0.2) is 24.3 Å². The average Bonchev–Trinajstić information content (AvgIpc) is 2.61. The van der Waals surface area contributed by atoms with Crippen LogP contribution in [0.3, 0.4) is 0 Å². The highest BCUT2D eigenvalue weighted by Gasteiger charge is 2.57. The van der Waals surface area contributed by atoms with Crippen molar-refractivity contribution in [3.8, 4) is 0 Å². The molecule has 0 aromatic heterocycles. The van der Waals surface area contributed by atoms with E-state index < -0.39 is 17.4 Å². The minimum atomic E-state index is -0.979. The number of amides is 1. The van der Waals surface area contributed by atoms with Gasteiger partial charge in [0.05, 0.1) is 5.41 Å². The highest BCUT2D eigenvalue weighted by atomic mass is 16.4. The summed E-state index contributed by atoms with van der Waals surface area (Å²) in [4.78, 5) is 24.3. The summed E-state index contributed by atoms with van der Waals surface area (Å²) in [5.41, 5.74) is 1.29. The normalized spacial score (nSPS) is 42.1. The molecule has 0 saturated heterocycles. The van der Waals surface area contributed by atoms with Gasteiger partial charge in [0.1, 0.15) is 6.04 Å². The number of carbonyl (C=O) groups excluding carboxylic acids is 1. The molecule has 2 N–H and O–H groups in total. The van der Waals surface area contributed by atoms with Crippen LogP contribution in [0.1, 0.15) is 72.6 Å². The van der Waals surface area contributed by atoms with E-state index in [9.17, 15) is 14.7 Å². The van der Waals surface area contributed by atoms with Crippen molar-refractivity contribution >= 4 is 11.9 Å². The van der Waals surface area contributed by atoms with E-state index in [1.165, 1.54) is 0 Å². The monoisotopic (exact) mass is 373 g/mol. The molecule has 0 aromatic rings. The second-order valence-corrected chi connectivity index (χ2v) is 9.97. The van der Waals surface area contributed by atoms with E-state index in [0.717, 1.165) is 44.9 Å². The highest BCUT2D eigenvalue weighted by Crippen LogP contribution is 2.63. The van der Waals surface area contributed by atoms with Crippen molar-refractivity contribution in [2.24, 2.45) is 28.1 Å². The summed E-state index contributed by atoms with van der Waals surface area (Å²) in [6.07, 6.45) is 11.9. The minimum absolute atomic E-state index is 0.0439. The molecule has 3 aliphatic rings. The van der Waals surface area contributed by atoms with Gasteiger partial charge in [0.15, 0.2) is 0 Å². The Bertz CT molecular complexity index is 683. The van der Waals surface area contributed by atoms with Crippen molar-refractivity contribution in [2.45, 2.75) is 78.7 Å². The quantitative estimate of drug-likeness (QED) is 0.701. The molecule has 3 aliphatic carbocycles. The van der Waals surface area contributed by atoms with Crippen molar-refractivity contribution in [2.75, 3.05) is 0 Å². The fraction of sp³-hybridized carbons (Fsp3) is 0.739. The molecule has 3 rings (SSSR count). The minimum Gasteiger partial charge on any atom is -0.480 e. The lowest BCUT2D eigenvalue weighted by Gasteiger charge is -2.58. The van der Waals surface area contributed by atoms with Crippen LogP contribution in [0.4, 0.5) is 0 Å². The third-order valence-electron chi connectivity index (χ3n) is 8.06. The number of rotatable bonds is 4. The maximum Gasteiger partial charge on any atom is 0.325 e. The van der Waals surface area contributed by atoms with Crippen molar-refractivity contribution in [1.29, 1.82) is 0 Å². The summed E-state index contributed by atoms with van der Waals surface area (Å²) in [5, 5.41) is 12.0.